The molecule has 0 heterocycles. The third kappa shape index (κ3) is 3.87. The third-order valence-electron chi connectivity index (χ3n) is 4.62. The van der Waals surface area contributed by atoms with E-state index in [0.717, 1.165) is 31.2 Å². The smallest absolute Gasteiger partial charge is 0.317 e. The molecule has 2 aromatic carbocycles. The topological polar surface area (TPSA) is 55.4 Å². The van der Waals surface area contributed by atoms with Crippen LogP contribution < -0.4 is 5.32 Å². The SMILES string of the molecule is O=C(COC(=O)C1(c2ccccc2)CCCC1)Nc1cccc(F)c1. The van der Waals surface area contributed by atoms with Crippen LogP contribution in [0.5, 0.6) is 0 Å². The van der Waals surface area contributed by atoms with Gasteiger partial charge in [0.15, 0.2) is 6.61 Å². The van der Waals surface area contributed by atoms with E-state index in [4.69, 9.17) is 4.74 Å². The van der Waals surface area contributed by atoms with E-state index >= 15 is 0 Å². The molecule has 0 saturated heterocycles. The van der Waals surface area contributed by atoms with Crippen molar-refractivity contribution in [3.05, 3.63) is 66.0 Å². The second kappa shape index (κ2) is 7.47. The van der Waals surface area contributed by atoms with Gasteiger partial charge >= 0.3 is 5.97 Å². The Bertz CT molecular complexity index is 755. The summed E-state index contributed by atoms with van der Waals surface area (Å²) in [5.74, 6) is -1.30. The summed E-state index contributed by atoms with van der Waals surface area (Å²) in [7, 11) is 0. The molecule has 0 spiro atoms. The number of anilines is 1. The fraction of sp³-hybridized carbons (Fsp3) is 0.300. The average Bonchev–Trinajstić information content (AvgIpc) is 3.11. The second-order valence-electron chi connectivity index (χ2n) is 6.29. The molecule has 0 aromatic heterocycles. The minimum absolute atomic E-state index is 0.333. The van der Waals surface area contributed by atoms with Gasteiger partial charge in [0.2, 0.25) is 0 Å². The van der Waals surface area contributed by atoms with Gasteiger partial charge in [0.05, 0.1) is 5.41 Å². The summed E-state index contributed by atoms with van der Waals surface area (Å²) in [5.41, 5.74) is 0.600. The van der Waals surface area contributed by atoms with Crippen LogP contribution in [0.2, 0.25) is 0 Å². The Kier molecular flexibility index (Phi) is 5.12. The first-order valence-electron chi connectivity index (χ1n) is 8.38. The molecule has 130 valence electrons. The number of rotatable bonds is 5. The number of halogens is 1. The Hall–Kier alpha value is -2.69. The molecule has 1 N–H and O–H groups in total. The van der Waals surface area contributed by atoms with Crippen molar-refractivity contribution >= 4 is 17.6 Å². The molecule has 2 aromatic rings. The van der Waals surface area contributed by atoms with Gasteiger partial charge in [-0.25, -0.2) is 4.39 Å². The number of hydrogen-bond acceptors (Lipinski definition) is 3. The summed E-state index contributed by atoms with van der Waals surface area (Å²) in [4.78, 5) is 24.7. The number of amides is 1. The summed E-state index contributed by atoms with van der Waals surface area (Å²) in [6.07, 6.45) is 3.36. The van der Waals surface area contributed by atoms with Crippen LogP contribution in [0.4, 0.5) is 10.1 Å². The van der Waals surface area contributed by atoms with Gasteiger partial charge in [-0.1, -0.05) is 49.2 Å². The first-order valence-corrected chi connectivity index (χ1v) is 8.38. The maximum atomic E-state index is 13.1. The summed E-state index contributed by atoms with van der Waals surface area (Å²) in [5, 5.41) is 2.52. The highest BCUT2D eigenvalue weighted by atomic mass is 19.1. The van der Waals surface area contributed by atoms with E-state index in [2.05, 4.69) is 5.32 Å². The summed E-state index contributed by atoms with van der Waals surface area (Å²) in [6, 6.07) is 15.1. The molecule has 1 fully saturated rings. The van der Waals surface area contributed by atoms with Crippen molar-refractivity contribution in [3.8, 4) is 0 Å². The molecule has 0 aliphatic heterocycles. The monoisotopic (exact) mass is 341 g/mol. The highest BCUT2D eigenvalue weighted by Gasteiger charge is 2.44. The number of esters is 1. The normalized spacial score (nSPS) is 15.6. The number of nitrogens with one attached hydrogen (secondary N) is 1. The van der Waals surface area contributed by atoms with Gasteiger partial charge in [0, 0.05) is 5.69 Å². The van der Waals surface area contributed by atoms with Crippen molar-refractivity contribution in [1.29, 1.82) is 0 Å². The zero-order valence-electron chi connectivity index (χ0n) is 13.8. The van der Waals surface area contributed by atoms with Gasteiger partial charge in [0.25, 0.3) is 5.91 Å². The van der Waals surface area contributed by atoms with E-state index in [1.165, 1.54) is 18.2 Å². The van der Waals surface area contributed by atoms with Crippen LogP contribution in [0, 0.1) is 5.82 Å². The lowest BCUT2D eigenvalue weighted by molar-refractivity contribution is -0.153. The minimum Gasteiger partial charge on any atom is -0.455 e. The lowest BCUT2D eigenvalue weighted by Gasteiger charge is -2.27. The lowest BCUT2D eigenvalue weighted by atomic mass is 9.79. The number of ether oxygens (including phenoxy) is 1. The summed E-state index contributed by atoms with van der Waals surface area (Å²) >= 11 is 0. The van der Waals surface area contributed by atoms with Gasteiger partial charge in [-0.3, -0.25) is 9.59 Å². The van der Waals surface area contributed by atoms with E-state index in [0.29, 0.717) is 5.69 Å². The molecular weight excluding hydrogens is 321 g/mol. The fourth-order valence-electron chi connectivity index (χ4n) is 3.38. The molecule has 0 unspecified atom stereocenters. The van der Waals surface area contributed by atoms with Gasteiger partial charge in [-0.05, 0) is 36.6 Å². The fourth-order valence-corrected chi connectivity index (χ4v) is 3.38. The molecule has 1 amide bonds. The molecule has 3 rings (SSSR count). The Balaban J connectivity index is 1.63. The second-order valence-corrected chi connectivity index (χ2v) is 6.29. The predicted molar refractivity (Wildman–Crippen MR) is 92.6 cm³/mol. The molecule has 0 bridgehead atoms. The van der Waals surface area contributed by atoms with Gasteiger partial charge in [-0.2, -0.15) is 0 Å². The van der Waals surface area contributed by atoms with E-state index in [9.17, 15) is 14.0 Å². The first-order chi connectivity index (χ1) is 12.1. The molecule has 4 nitrogen and oxygen atoms in total. The maximum Gasteiger partial charge on any atom is 0.317 e. The molecule has 5 heteroatoms. The van der Waals surface area contributed by atoms with Crippen molar-refractivity contribution < 1.29 is 18.7 Å². The number of carbonyl (C=O) groups is 2. The lowest BCUT2D eigenvalue weighted by Crippen LogP contribution is -2.36. The van der Waals surface area contributed by atoms with Crippen molar-refractivity contribution in [2.24, 2.45) is 0 Å². The third-order valence-corrected chi connectivity index (χ3v) is 4.62. The molecule has 0 atom stereocenters. The van der Waals surface area contributed by atoms with E-state index in [1.807, 2.05) is 30.3 Å². The average molecular weight is 341 g/mol. The molecule has 1 aliphatic carbocycles. The highest BCUT2D eigenvalue weighted by Crippen LogP contribution is 2.42. The van der Waals surface area contributed by atoms with E-state index in [1.54, 1.807) is 6.07 Å². The van der Waals surface area contributed by atoms with Crippen molar-refractivity contribution in [2.75, 3.05) is 11.9 Å². The van der Waals surface area contributed by atoms with Crippen molar-refractivity contribution in [1.82, 2.24) is 0 Å². The quantitative estimate of drug-likeness (QED) is 0.841. The summed E-state index contributed by atoms with van der Waals surface area (Å²) < 4.78 is 18.4. The highest BCUT2D eigenvalue weighted by molar-refractivity contribution is 5.93. The summed E-state index contributed by atoms with van der Waals surface area (Å²) in [6.45, 7) is -0.385. The largest absolute Gasteiger partial charge is 0.455 e. The van der Waals surface area contributed by atoms with Gasteiger partial charge in [0.1, 0.15) is 5.82 Å². The maximum absolute atomic E-state index is 13.1. The first kappa shape index (κ1) is 17.1. The van der Waals surface area contributed by atoms with E-state index < -0.39 is 17.1 Å². The molecule has 0 radical (unpaired) electrons. The van der Waals surface area contributed by atoms with Crippen LogP contribution in [-0.2, 0) is 19.7 Å². The minimum atomic E-state index is -0.666. The Morgan fingerprint density at radius 2 is 1.76 bits per heavy atom. The standard InChI is InChI=1S/C20H20FNO3/c21-16-9-6-10-17(13-16)22-18(23)14-25-19(24)20(11-4-5-12-20)15-7-2-1-3-8-15/h1-3,6-10,13H,4-5,11-12,14H2,(H,22,23). The number of hydrogen-bond donors (Lipinski definition) is 1. The van der Waals surface area contributed by atoms with Gasteiger partial charge in [-0.15, -0.1) is 0 Å². The molecule has 1 saturated carbocycles. The van der Waals surface area contributed by atoms with Crippen molar-refractivity contribution in [3.63, 3.8) is 0 Å². The van der Waals surface area contributed by atoms with E-state index in [-0.39, 0.29) is 12.6 Å². The van der Waals surface area contributed by atoms with Crippen LogP contribution in [0.15, 0.2) is 54.6 Å². The Morgan fingerprint density at radius 3 is 2.44 bits per heavy atom. The Labute approximate surface area is 146 Å². The van der Waals surface area contributed by atoms with Crippen LogP contribution in [0.25, 0.3) is 0 Å². The number of benzene rings is 2. The Morgan fingerprint density at radius 1 is 1.04 bits per heavy atom. The number of carbonyl (C=O) groups excluding carboxylic acids is 2. The van der Waals surface area contributed by atoms with Gasteiger partial charge < -0.3 is 10.1 Å². The van der Waals surface area contributed by atoms with Crippen LogP contribution >= 0.6 is 0 Å². The zero-order valence-corrected chi connectivity index (χ0v) is 13.8. The molecule has 1 aliphatic rings. The molecular formula is C20H20FNO3. The van der Waals surface area contributed by atoms with Crippen LogP contribution in [-0.4, -0.2) is 18.5 Å². The predicted octanol–water partition coefficient (Wildman–Crippen LogP) is 3.82. The van der Waals surface area contributed by atoms with Crippen LogP contribution in [0.1, 0.15) is 31.2 Å². The molecule has 25 heavy (non-hydrogen) atoms. The zero-order chi connectivity index (χ0) is 17.7. The van der Waals surface area contributed by atoms with Crippen LogP contribution in [0.3, 0.4) is 0 Å². The van der Waals surface area contributed by atoms with Crippen molar-refractivity contribution in [2.45, 2.75) is 31.1 Å².